The lowest BCUT2D eigenvalue weighted by Gasteiger charge is -2.27. The van der Waals surface area contributed by atoms with E-state index in [1.165, 1.54) is 48.0 Å². The van der Waals surface area contributed by atoms with E-state index in [-0.39, 0.29) is 0 Å². The number of halogens is 1. The summed E-state index contributed by atoms with van der Waals surface area (Å²) in [6, 6.07) is 2.21. The summed E-state index contributed by atoms with van der Waals surface area (Å²) in [5.74, 6) is 1.93. The van der Waals surface area contributed by atoms with Crippen LogP contribution in [0.2, 0.25) is 0 Å². The first-order valence-corrected chi connectivity index (χ1v) is 8.38. The first kappa shape index (κ1) is 13.6. The molecule has 1 aromatic rings. The van der Waals surface area contributed by atoms with Gasteiger partial charge in [-0.1, -0.05) is 26.2 Å². The molecular formula is C14H22BrNS. The summed E-state index contributed by atoms with van der Waals surface area (Å²) in [4.78, 5) is 1.43. The van der Waals surface area contributed by atoms with Crippen molar-refractivity contribution >= 4 is 27.3 Å². The fourth-order valence-electron chi connectivity index (χ4n) is 2.69. The van der Waals surface area contributed by atoms with Gasteiger partial charge >= 0.3 is 0 Å². The Labute approximate surface area is 117 Å². The van der Waals surface area contributed by atoms with Crippen LogP contribution in [0, 0.1) is 11.8 Å². The normalized spacial score (nSPS) is 25.1. The Morgan fingerprint density at radius 1 is 1.29 bits per heavy atom. The first-order chi connectivity index (χ1) is 8.28. The second-order valence-corrected chi connectivity index (χ2v) is 7.07. The topological polar surface area (TPSA) is 12.0 Å². The van der Waals surface area contributed by atoms with Gasteiger partial charge in [-0.2, -0.15) is 0 Å². The van der Waals surface area contributed by atoms with Crippen molar-refractivity contribution in [1.82, 2.24) is 5.32 Å². The minimum atomic E-state index is 0.918. The van der Waals surface area contributed by atoms with Gasteiger partial charge in [-0.3, -0.25) is 0 Å². The third-order valence-corrected chi connectivity index (χ3v) is 5.60. The molecule has 0 amide bonds. The molecule has 0 radical (unpaired) electrons. The Balaban J connectivity index is 1.63. The van der Waals surface area contributed by atoms with Crippen molar-refractivity contribution in [2.24, 2.45) is 11.8 Å². The monoisotopic (exact) mass is 315 g/mol. The lowest BCUT2D eigenvalue weighted by molar-refractivity contribution is 0.262. The van der Waals surface area contributed by atoms with E-state index in [2.05, 4.69) is 39.6 Å². The van der Waals surface area contributed by atoms with Crippen LogP contribution >= 0.6 is 27.3 Å². The molecular weight excluding hydrogens is 294 g/mol. The van der Waals surface area contributed by atoms with Crippen molar-refractivity contribution < 1.29 is 0 Å². The molecule has 1 nitrogen and oxygen atoms in total. The lowest BCUT2D eigenvalue weighted by Crippen LogP contribution is -2.25. The third kappa shape index (κ3) is 4.38. The quantitative estimate of drug-likeness (QED) is 0.821. The molecule has 0 unspecified atom stereocenters. The van der Waals surface area contributed by atoms with E-state index in [1.54, 1.807) is 0 Å². The van der Waals surface area contributed by atoms with Gasteiger partial charge in [0.1, 0.15) is 0 Å². The minimum absolute atomic E-state index is 0.918. The van der Waals surface area contributed by atoms with Crippen LogP contribution in [0.25, 0.3) is 0 Å². The van der Waals surface area contributed by atoms with Gasteiger partial charge in [-0.15, -0.1) is 11.3 Å². The van der Waals surface area contributed by atoms with Crippen molar-refractivity contribution in [3.63, 3.8) is 0 Å². The Morgan fingerprint density at radius 2 is 2.00 bits per heavy atom. The molecule has 1 aliphatic rings. The summed E-state index contributed by atoms with van der Waals surface area (Å²) in [5, 5.41) is 5.76. The molecule has 0 aliphatic heterocycles. The van der Waals surface area contributed by atoms with Crippen molar-refractivity contribution in [2.75, 3.05) is 6.54 Å². The maximum Gasteiger partial charge on any atom is 0.0300 e. The van der Waals surface area contributed by atoms with Crippen LogP contribution in [0.4, 0.5) is 0 Å². The maximum atomic E-state index is 3.61. The number of nitrogens with one attached hydrogen (secondary N) is 1. The molecule has 0 spiro atoms. The summed E-state index contributed by atoms with van der Waals surface area (Å²) in [5.41, 5.74) is 0. The van der Waals surface area contributed by atoms with Crippen LogP contribution in [-0.4, -0.2) is 6.54 Å². The van der Waals surface area contributed by atoms with Gasteiger partial charge < -0.3 is 5.32 Å². The highest BCUT2D eigenvalue weighted by atomic mass is 79.9. The highest BCUT2D eigenvalue weighted by molar-refractivity contribution is 9.10. The van der Waals surface area contributed by atoms with Crippen molar-refractivity contribution in [2.45, 2.75) is 45.6 Å². The smallest absolute Gasteiger partial charge is 0.0300 e. The van der Waals surface area contributed by atoms with Gasteiger partial charge in [0.25, 0.3) is 0 Å². The van der Waals surface area contributed by atoms with E-state index in [4.69, 9.17) is 0 Å². The number of thiophene rings is 1. The fourth-order valence-corrected chi connectivity index (χ4v) is 4.11. The number of hydrogen-bond acceptors (Lipinski definition) is 2. The molecule has 1 fully saturated rings. The lowest BCUT2D eigenvalue weighted by atomic mass is 9.81. The maximum absolute atomic E-state index is 3.61. The predicted molar refractivity (Wildman–Crippen MR) is 79.5 cm³/mol. The second-order valence-electron chi connectivity index (χ2n) is 5.16. The van der Waals surface area contributed by atoms with Crippen LogP contribution in [-0.2, 0) is 6.54 Å². The van der Waals surface area contributed by atoms with Crippen molar-refractivity contribution in [3.8, 4) is 0 Å². The molecule has 1 saturated carbocycles. The summed E-state index contributed by atoms with van der Waals surface area (Å²) in [6.07, 6.45) is 7.14. The van der Waals surface area contributed by atoms with E-state index in [0.29, 0.717) is 0 Å². The third-order valence-electron chi connectivity index (χ3n) is 3.90. The zero-order valence-corrected chi connectivity index (χ0v) is 12.9. The molecule has 17 heavy (non-hydrogen) atoms. The number of rotatable bonds is 5. The van der Waals surface area contributed by atoms with Gasteiger partial charge in [-0.05, 0) is 53.2 Å². The van der Waals surface area contributed by atoms with Crippen LogP contribution < -0.4 is 5.32 Å². The average molecular weight is 316 g/mol. The number of hydrogen-bond donors (Lipinski definition) is 1. The van der Waals surface area contributed by atoms with Crippen molar-refractivity contribution in [3.05, 3.63) is 20.8 Å². The Morgan fingerprint density at radius 3 is 2.59 bits per heavy atom. The Hall–Kier alpha value is 0.140. The van der Waals surface area contributed by atoms with Gasteiger partial charge in [0, 0.05) is 21.3 Å². The van der Waals surface area contributed by atoms with Crippen LogP contribution in [0.15, 0.2) is 15.9 Å². The fraction of sp³-hybridized carbons (Fsp3) is 0.714. The molecule has 96 valence electrons. The highest BCUT2D eigenvalue weighted by Gasteiger charge is 2.19. The van der Waals surface area contributed by atoms with E-state index in [1.807, 2.05) is 11.3 Å². The summed E-state index contributed by atoms with van der Waals surface area (Å²) < 4.78 is 1.21. The van der Waals surface area contributed by atoms with E-state index in [0.717, 1.165) is 18.4 Å². The van der Waals surface area contributed by atoms with Gasteiger partial charge in [0.2, 0.25) is 0 Å². The second kappa shape index (κ2) is 6.91. The molecule has 0 atom stereocenters. The Kier molecular flexibility index (Phi) is 5.51. The van der Waals surface area contributed by atoms with E-state index >= 15 is 0 Å². The van der Waals surface area contributed by atoms with Gasteiger partial charge in [0.05, 0.1) is 0 Å². The van der Waals surface area contributed by atoms with Crippen LogP contribution in [0.3, 0.4) is 0 Å². The van der Waals surface area contributed by atoms with Crippen LogP contribution in [0.5, 0.6) is 0 Å². The zero-order chi connectivity index (χ0) is 12.1. The average Bonchev–Trinajstić information content (AvgIpc) is 2.76. The molecule has 1 heterocycles. The van der Waals surface area contributed by atoms with Crippen molar-refractivity contribution in [1.29, 1.82) is 0 Å². The molecule has 3 heteroatoms. The molecule has 1 N–H and O–H groups in total. The summed E-state index contributed by atoms with van der Waals surface area (Å²) in [6.45, 7) is 4.56. The SMILES string of the molecule is CCC1CCC(CNCc2cc(Br)cs2)CC1. The van der Waals surface area contributed by atoms with E-state index in [9.17, 15) is 0 Å². The molecule has 0 saturated heterocycles. The first-order valence-electron chi connectivity index (χ1n) is 6.71. The van der Waals surface area contributed by atoms with Gasteiger partial charge in [0.15, 0.2) is 0 Å². The largest absolute Gasteiger partial charge is 0.312 e. The summed E-state index contributed by atoms with van der Waals surface area (Å²) in [7, 11) is 0. The standard InChI is InChI=1S/C14H22BrNS/c1-2-11-3-5-12(6-4-11)8-16-9-14-7-13(15)10-17-14/h7,10-12,16H,2-6,8-9H2,1H3. The minimum Gasteiger partial charge on any atom is -0.312 e. The molecule has 0 bridgehead atoms. The zero-order valence-electron chi connectivity index (χ0n) is 10.5. The molecule has 0 aromatic carbocycles. The van der Waals surface area contributed by atoms with E-state index < -0.39 is 0 Å². The van der Waals surface area contributed by atoms with Gasteiger partial charge in [-0.25, -0.2) is 0 Å². The highest BCUT2D eigenvalue weighted by Crippen LogP contribution is 2.30. The molecule has 1 aromatic heterocycles. The molecule has 2 rings (SSSR count). The Bertz CT molecular complexity index is 329. The molecule has 1 aliphatic carbocycles. The predicted octanol–water partition coefficient (Wildman–Crippen LogP) is 4.82. The van der Waals surface area contributed by atoms with Crippen LogP contribution in [0.1, 0.15) is 43.9 Å². The summed E-state index contributed by atoms with van der Waals surface area (Å²) >= 11 is 5.33.